The fourth-order valence-corrected chi connectivity index (χ4v) is 0.563. The third-order valence-corrected chi connectivity index (χ3v) is 1.29. The maximum Gasteiger partial charge on any atom is 0.0649 e. The van der Waals surface area contributed by atoms with Crippen molar-refractivity contribution in [1.82, 2.24) is 0 Å². The molecule has 0 amide bonds. The SMILES string of the molecule is CC(C)=CCOCC[C@H](C)O. The molecule has 0 unspecified atom stereocenters. The topological polar surface area (TPSA) is 29.5 Å². The Hall–Kier alpha value is -0.340. The lowest BCUT2D eigenvalue weighted by atomic mass is 10.3. The highest BCUT2D eigenvalue weighted by atomic mass is 16.5. The molecule has 1 atom stereocenters. The first kappa shape index (κ1) is 10.7. The van der Waals surface area contributed by atoms with Crippen LogP contribution in [0.5, 0.6) is 0 Å². The molecule has 11 heavy (non-hydrogen) atoms. The minimum atomic E-state index is -0.248. The summed E-state index contributed by atoms with van der Waals surface area (Å²) in [5.41, 5.74) is 1.27. The van der Waals surface area contributed by atoms with Crippen molar-refractivity contribution in [2.45, 2.75) is 33.3 Å². The fraction of sp³-hybridized carbons (Fsp3) is 0.778. The molecule has 0 bridgehead atoms. The summed E-state index contributed by atoms with van der Waals surface area (Å²) in [5.74, 6) is 0. The highest BCUT2D eigenvalue weighted by molar-refractivity contribution is 4.92. The van der Waals surface area contributed by atoms with Crippen molar-refractivity contribution in [1.29, 1.82) is 0 Å². The van der Waals surface area contributed by atoms with E-state index in [1.165, 1.54) is 5.57 Å². The molecule has 66 valence electrons. The van der Waals surface area contributed by atoms with E-state index in [-0.39, 0.29) is 6.10 Å². The standard InChI is InChI=1S/C9H18O2/c1-8(2)4-6-11-7-5-9(3)10/h4,9-10H,5-7H2,1-3H3/t9-/m0/s1. The minimum absolute atomic E-state index is 0.248. The molecule has 2 nitrogen and oxygen atoms in total. The van der Waals surface area contributed by atoms with Crippen LogP contribution in [-0.2, 0) is 4.74 Å². The highest BCUT2D eigenvalue weighted by Gasteiger charge is 1.93. The summed E-state index contributed by atoms with van der Waals surface area (Å²) in [4.78, 5) is 0. The normalized spacial score (nSPS) is 12.7. The summed E-state index contributed by atoms with van der Waals surface area (Å²) in [6, 6.07) is 0. The molecule has 2 heteroatoms. The van der Waals surface area contributed by atoms with Crippen LogP contribution in [0.3, 0.4) is 0 Å². The molecule has 0 aromatic rings. The van der Waals surface area contributed by atoms with E-state index < -0.39 is 0 Å². The largest absolute Gasteiger partial charge is 0.393 e. The van der Waals surface area contributed by atoms with Gasteiger partial charge in [-0.25, -0.2) is 0 Å². The maximum atomic E-state index is 8.87. The van der Waals surface area contributed by atoms with Gasteiger partial charge < -0.3 is 9.84 Å². The summed E-state index contributed by atoms with van der Waals surface area (Å²) >= 11 is 0. The Kier molecular flexibility index (Phi) is 6.18. The predicted octanol–water partition coefficient (Wildman–Crippen LogP) is 1.74. The first-order chi connectivity index (χ1) is 5.13. The number of aliphatic hydroxyl groups excluding tert-OH is 1. The van der Waals surface area contributed by atoms with Crippen LogP contribution in [0.25, 0.3) is 0 Å². The number of hydrogen-bond donors (Lipinski definition) is 1. The smallest absolute Gasteiger partial charge is 0.0649 e. The minimum Gasteiger partial charge on any atom is -0.393 e. The van der Waals surface area contributed by atoms with Crippen LogP contribution in [0.1, 0.15) is 27.2 Å². The number of hydrogen-bond acceptors (Lipinski definition) is 2. The van der Waals surface area contributed by atoms with Crippen LogP contribution in [0.4, 0.5) is 0 Å². The van der Waals surface area contributed by atoms with Gasteiger partial charge in [0.25, 0.3) is 0 Å². The summed E-state index contributed by atoms with van der Waals surface area (Å²) in [7, 11) is 0. The molecule has 0 radical (unpaired) electrons. The van der Waals surface area contributed by atoms with Crippen molar-refractivity contribution in [2.24, 2.45) is 0 Å². The second-order valence-corrected chi connectivity index (χ2v) is 2.99. The van der Waals surface area contributed by atoms with E-state index in [4.69, 9.17) is 9.84 Å². The molecule has 0 saturated heterocycles. The molecule has 0 spiro atoms. The molecule has 0 saturated carbocycles. The molecule has 0 fully saturated rings. The summed E-state index contributed by atoms with van der Waals surface area (Å²) in [6.07, 6.45) is 2.50. The predicted molar refractivity (Wildman–Crippen MR) is 46.5 cm³/mol. The van der Waals surface area contributed by atoms with Crippen LogP contribution in [0.15, 0.2) is 11.6 Å². The molecule has 0 heterocycles. The number of rotatable bonds is 5. The van der Waals surface area contributed by atoms with Gasteiger partial charge in [0.1, 0.15) is 0 Å². The molecule has 0 aromatic heterocycles. The number of ether oxygens (including phenoxy) is 1. The molecular formula is C9H18O2. The van der Waals surface area contributed by atoms with Crippen LogP contribution >= 0.6 is 0 Å². The van der Waals surface area contributed by atoms with Crippen molar-refractivity contribution in [3.05, 3.63) is 11.6 Å². The third-order valence-electron chi connectivity index (χ3n) is 1.29. The van der Waals surface area contributed by atoms with Gasteiger partial charge in [0.05, 0.1) is 12.7 Å². The lowest BCUT2D eigenvalue weighted by molar-refractivity contribution is 0.104. The molecule has 0 aliphatic carbocycles. The fourth-order valence-electron chi connectivity index (χ4n) is 0.563. The lowest BCUT2D eigenvalue weighted by Crippen LogP contribution is -2.05. The van der Waals surface area contributed by atoms with E-state index in [1.807, 2.05) is 19.9 Å². The average molecular weight is 158 g/mol. The lowest BCUT2D eigenvalue weighted by Gasteiger charge is -2.03. The molecule has 0 rings (SSSR count). The van der Waals surface area contributed by atoms with Crippen molar-refractivity contribution >= 4 is 0 Å². The zero-order chi connectivity index (χ0) is 8.69. The van der Waals surface area contributed by atoms with E-state index in [2.05, 4.69) is 0 Å². The van der Waals surface area contributed by atoms with Gasteiger partial charge in [-0.15, -0.1) is 0 Å². The average Bonchev–Trinajstić information content (AvgIpc) is 1.85. The number of aliphatic hydroxyl groups is 1. The zero-order valence-corrected chi connectivity index (χ0v) is 7.63. The van der Waals surface area contributed by atoms with Gasteiger partial charge in [0.2, 0.25) is 0 Å². The van der Waals surface area contributed by atoms with E-state index in [1.54, 1.807) is 6.92 Å². The highest BCUT2D eigenvalue weighted by Crippen LogP contribution is 1.92. The molecule has 0 aromatic carbocycles. The van der Waals surface area contributed by atoms with Crippen LogP contribution < -0.4 is 0 Å². The van der Waals surface area contributed by atoms with Gasteiger partial charge in [-0.3, -0.25) is 0 Å². The monoisotopic (exact) mass is 158 g/mol. The second kappa shape index (κ2) is 6.38. The molecule has 0 aliphatic rings. The van der Waals surface area contributed by atoms with Crippen LogP contribution in [-0.4, -0.2) is 24.4 Å². The quantitative estimate of drug-likeness (QED) is 0.488. The van der Waals surface area contributed by atoms with Crippen LogP contribution in [0.2, 0.25) is 0 Å². The Bertz CT molecular complexity index is 113. The van der Waals surface area contributed by atoms with Crippen molar-refractivity contribution < 1.29 is 9.84 Å². The molecular weight excluding hydrogens is 140 g/mol. The van der Waals surface area contributed by atoms with E-state index in [9.17, 15) is 0 Å². The first-order valence-electron chi connectivity index (χ1n) is 4.02. The summed E-state index contributed by atoms with van der Waals surface area (Å²) in [5, 5.41) is 8.87. The van der Waals surface area contributed by atoms with E-state index in [0.29, 0.717) is 13.2 Å². The Morgan fingerprint density at radius 1 is 1.55 bits per heavy atom. The Labute approximate surface area is 68.9 Å². The first-order valence-corrected chi connectivity index (χ1v) is 4.02. The van der Waals surface area contributed by atoms with Crippen molar-refractivity contribution in [2.75, 3.05) is 13.2 Å². The summed E-state index contributed by atoms with van der Waals surface area (Å²) < 4.78 is 5.22. The Morgan fingerprint density at radius 2 is 2.18 bits per heavy atom. The van der Waals surface area contributed by atoms with Gasteiger partial charge in [-0.05, 0) is 27.2 Å². The van der Waals surface area contributed by atoms with E-state index in [0.717, 1.165) is 6.42 Å². The van der Waals surface area contributed by atoms with Crippen molar-refractivity contribution in [3.8, 4) is 0 Å². The van der Waals surface area contributed by atoms with Crippen molar-refractivity contribution in [3.63, 3.8) is 0 Å². The third kappa shape index (κ3) is 9.66. The van der Waals surface area contributed by atoms with E-state index >= 15 is 0 Å². The molecule has 0 aliphatic heterocycles. The maximum absolute atomic E-state index is 8.87. The van der Waals surface area contributed by atoms with Gasteiger partial charge in [-0.1, -0.05) is 11.6 Å². The number of allylic oxidation sites excluding steroid dienone is 1. The Morgan fingerprint density at radius 3 is 2.64 bits per heavy atom. The molecule has 1 N–H and O–H groups in total. The summed E-state index contributed by atoms with van der Waals surface area (Å²) in [6.45, 7) is 7.15. The Balaban J connectivity index is 3.09. The van der Waals surface area contributed by atoms with Crippen LogP contribution in [0, 0.1) is 0 Å². The van der Waals surface area contributed by atoms with Gasteiger partial charge >= 0.3 is 0 Å². The van der Waals surface area contributed by atoms with Gasteiger partial charge in [-0.2, -0.15) is 0 Å². The van der Waals surface area contributed by atoms with Gasteiger partial charge in [0, 0.05) is 6.61 Å². The second-order valence-electron chi connectivity index (χ2n) is 2.99. The van der Waals surface area contributed by atoms with Gasteiger partial charge in [0.15, 0.2) is 0 Å². The zero-order valence-electron chi connectivity index (χ0n) is 7.63.